The topological polar surface area (TPSA) is 126 Å². The van der Waals surface area contributed by atoms with Crippen molar-refractivity contribution in [2.45, 2.75) is 19.9 Å². The molecule has 1 aromatic heterocycles. The number of hydrogen-bond donors (Lipinski definition) is 2. The van der Waals surface area contributed by atoms with Crippen LogP contribution in [0.25, 0.3) is 21.9 Å². The summed E-state index contributed by atoms with van der Waals surface area (Å²) in [4.78, 5) is 37.6. The van der Waals surface area contributed by atoms with Crippen molar-refractivity contribution >= 4 is 22.6 Å². The Morgan fingerprint density at radius 2 is 1.58 bits per heavy atom. The van der Waals surface area contributed by atoms with Crippen LogP contribution in [0.4, 0.5) is 0 Å². The van der Waals surface area contributed by atoms with Gasteiger partial charge in [0.05, 0.1) is 17.0 Å². The standard InChI is InChI=1S/C27H23N5O4/c1-2-15-32-27(35)23-6-4-3-5-22(23)25(31-32)26(34)30-29-24(33)17-36-21-13-11-20(12-14-21)19-9-7-18(16-28)8-10-19/h3-14H,2,15,17H2,1H3,(H,29,33)(H,30,34). The predicted octanol–water partition coefficient (Wildman–Crippen LogP) is 3.19. The number of hydrazine groups is 1. The fourth-order valence-corrected chi connectivity index (χ4v) is 3.62. The highest BCUT2D eigenvalue weighted by Gasteiger charge is 2.17. The molecular weight excluding hydrogens is 458 g/mol. The summed E-state index contributed by atoms with van der Waals surface area (Å²) in [6, 6.07) is 23.2. The third-order valence-corrected chi connectivity index (χ3v) is 5.41. The van der Waals surface area contributed by atoms with E-state index in [9.17, 15) is 14.4 Å². The minimum atomic E-state index is -0.642. The van der Waals surface area contributed by atoms with Gasteiger partial charge in [-0.2, -0.15) is 10.4 Å². The zero-order valence-electron chi connectivity index (χ0n) is 19.5. The third kappa shape index (κ3) is 5.39. The summed E-state index contributed by atoms with van der Waals surface area (Å²) >= 11 is 0. The number of hydrogen-bond acceptors (Lipinski definition) is 6. The van der Waals surface area contributed by atoms with E-state index < -0.39 is 11.8 Å². The van der Waals surface area contributed by atoms with Crippen molar-refractivity contribution in [1.82, 2.24) is 20.6 Å². The lowest BCUT2D eigenvalue weighted by Crippen LogP contribution is -2.44. The van der Waals surface area contributed by atoms with Gasteiger partial charge in [0.1, 0.15) is 5.75 Å². The van der Waals surface area contributed by atoms with Gasteiger partial charge in [0.25, 0.3) is 17.4 Å². The van der Waals surface area contributed by atoms with Crippen LogP contribution >= 0.6 is 0 Å². The lowest BCUT2D eigenvalue weighted by Gasteiger charge is -2.12. The monoisotopic (exact) mass is 481 g/mol. The van der Waals surface area contributed by atoms with Gasteiger partial charge in [-0.3, -0.25) is 25.2 Å². The van der Waals surface area contributed by atoms with E-state index in [1.165, 1.54) is 4.68 Å². The Balaban J connectivity index is 1.36. The first kappa shape index (κ1) is 24.2. The van der Waals surface area contributed by atoms with Crippen molar-refractivity contribution in [3.8, 4) is 22.9 Å². The number of aryl methyl sites for hydroxylation is 1. The van der Waals surface area contributed by atoms with Crippen LogP contribution in [0.3, 0.4) is 0 Å². The SMILES string of the molecule is CCCn1nc(C(=O)NNC(=O)COc2ccc(-c3ccc(C#N)cc3)cc2)c2ccccc2c1=O. The Kier molecular flexibility index (Phi) is 7.36. The van der Waals surface area contributed by atoms with Gasteiger partial charge in [-0.05, 0) is 47.9 Å². The van der Waals surface area contributed by atoms with Crippen molar-refractivity contribution in [1.29, 1.82) is 5.26 Å². The fraction of sp³-hybridized carbons (Fsp3) is 0.148. The number of ether oxygens (including phenoxy) is 1. The summed E-state index contributed by atoms with van der Waals surface area (Å²) in [7, 11) is 0. The molecule has 0 saturated carbocycles. The summed E-state index contributed by atoms with van der Waals surface area (Å²) in [5.41, 5.74) is 6.89. The first-order valence-electron chi connectivity index (χ1n) is 11.3. The van der Waals surface area contributed by atoms with Crippen LogP contribution in [-0.2, 0) is 11.3 Å². The summed E-state index contributed by atoms with van der Waals surface area (Å²) in [6.07, 6.45) is 0.675. The van der Waals surface area contributed by atoms with Crippen LogP contribution < -0.4 is 21.1 Å². The van der Waals surface area contributed by atoms with Gasteiger partial charge in [-0.25, -0.2) is 4.68 Å². The molecule has 0 unspecified atom stereocenters. The molecule has 180 valence electrons. The lowest BCUT2D eigenvalue weighted by atomic mass is 10.0. The van der Waals surface area contributed by atoms with Crippen molar-refractivity contribution in [2.75, 3.05) is 6.61 Å². The van der Waals surface area contributed by atoms with Crippen LogP contribution in [0.1, 0.15) is 29.4 Å². The van der Waals surface area contributed by atoms with Gasteiger partial charge >= 0.3 is 0 Å². The molecular formula is C27H23N5O4. The number of nitriles is 1. The third-order valence-electron chi connectivity index (χ3n) is 5.41. The second kappa shape index (κ2) is 11.0. The Bertz CT molecular complexity index is 1500. The highest BCUT2D eigenvalue weighted by molar-refractivity contribution is 6.05. The van der Waals surface area contributed by atoms with Crippen LogP contribution in [0.2, 0.25) is 0 Å². The molecule has 36 heavy (non-hydrogen) atoms. The van der Waals surface area contributed by atoms with E-state index in [2.05, 4.69) is 22.0 Å². The first-order chi connectivity index (χ1) is 17.5. The van der Waals surface area contributed by atoms with E-state index in [0.717, 1.165) is 11.1 Å². The maximum atomic E-state index is 12.8. The molecule has 0 fully saturated rings. The van der Waals surface area contributed by atoms with Crippen LogP contribution in [0.15, 0.2) is 77.6 Å². The normalized spacial score (nSPS) is 10.4. The molecule has 0 atom stereocenters. The number of aromatic nitrogens is 2. The second-order valence-electron chi connectivity index (χ2n) is 7.93. The van der Waals surface area contributed by atoms with E-state index in [-0.39, 0.29) is 17.9 Å². The first-order valence-corrected chi connectivity index (χ1v) is 11.3. The molecule has 2 N–H and O–H groups in total. The molecule has 1 heterocycles. The number of carbonyl (C=O) groups excluding carboxylic acids is 2. The van der Waals surface area contributed by atoms with Gasteiger partial charge in [-0.15, -0.1) is 0 Å². The number of amides is 2. The molecule has 0 saturated heterocycles. The second-order valence-corrected chi connectivity index (χ2v) is 7.93. The highest BCUT2D eigenvalue weighted by Crippen LogP contribution is 2.22. The number of nitrogens with one attached hydrogen (secondary N) is 2. The van der Waals surface area contributed by atoms with Crippen LogP contribution in [0.5, 0.6) is 5.75 Å². The maximum Gasteiger partial charge on any atom is 0.290 e. The van der Waals surface area contributed by atoms with Crippen molar-refractivity contribution in [2.24, 2.45) is 0 Å². The van der Waals surface area contributed by atoms with Crippen LogP contribution in [-0.4, -0.2) is 28.2 Å². The van der Waals surface area contributed by atoms with Crippen LogP contribution in [0, 0.1) is 11.3 Å². The quantitative estimate of drug-likeness (QED) is 0.391. The molecule has 3 aromatic carbocycles. The summed E-state index contributed by atoms with van der Waals surface area (Å²) in [5, 5.41) is 13.9. The number of nitrogens with zero attached hydrogens (tertiary/aromatic N) is 3. The molecule has 9 nitrogen and oxygen atoms in total. The molecule has 0 bridgehead atoms. The minimum absolute atomic E-state index is 0.0401. The predicted molar refractivity (Wildman–Crippen MR) is 134 cm³/mol. The molecule has 0 spiro atoms. The molecule has 0 aliphatic carbocycles. The van der Waals surface area contributed by atoms with Crippen molar-refractivity contribution in [3.05, 3.63) is 94.4 Å². The Labute approximate surface area is 206 Å². The van der Waals surface area contributed by atoms with E-state index in [1.807, 2.05) is 31.2 Å². The maximum absolute atomic E-state index is 12.8. The lowest BCUT2D eigenvalue weighted by molar-refractivity contribution is -0.123. The number of carbonyl (C=O) groups is 2. The van der Waals surface area contributed by atoms with Gasteiger partial charge in [-0.1, -0.05) is 49.4 Å². The minimum Gasteiger partial charge on any atom is -0.484 e. The van der Waals surface area contributed by atoms with Crippen molar-refractivity contribution in [3.63, 3.8) is 0 Å². The average Bonchev–Trinajstić information content (AvgIpc) is 2.92. The zero-order chi connectivity index (χ0) is 25.5. The Hall–Kier alpha value is -4.97. The molecule has 0 radical (unpaired) electrons. The molecule has 0 aliphatic rings. The van der Waals surface area contributed by atoms with E-state index in [1.54, 1.807) is 48.5 Å². The Morgan fingerprint density at radius 1 is 0.944 bits per heavy atom. The van der Waals surface area contributed by atoms with Gasteiger partial charge in [0.2, 0.25) is 0 Å². The van der Waals surface area contributed by atoms with E-state index in [4.69, 9.17) is 10.00 Å². The Morgan fingerprint density at radius 3 is 2.22 bits per heavy atom. The largest absolute Gasteiger partial charge is 0.484 e. The van der Waals surface area contributed by atoms with Gasteiger partial charge in [0, 0.05) is 11.9 Å². The number of fused-ring (bicyclic) bond motifs is 1. The summed E-state index contributed by atoms with van der Waals surface area (Å²) < 4.78 is 6.76. The van der Waals surface area contributed by atoms with Gasteiger partial charge < -0.3 is 4.74 Å². The van der Waals surface area contributed by atoms with E-state index in [0.29, 0.717) is 35.1 Å². The highest BCUT2D eigenvalue weighted by atomic mass is 16.5. The summed E-state index contributed by atoms with van der Waals surface area (Å²) in [5.74, 6) is -0.727. The fourth-order valence-electron chi connectivity index (χ4n) is 3.62. The molecule has 4 rings (SSSR count). The summed E-state index contributed by atoms with van der Waals surface area (Å²) in [6.45, 7) is 1.96. The average molecular weight is 482 g/mol. The van der Waals surface area contributed by atoms with Gasteiger partial charge in [0.15, 0.2) is 12.3 Å². The smallest absolute Gasteiger partial charge is 0.290 e. The molecule has 2 amide bonds. The van der Waals surface area contributed by atoms with Crippen molar-refractivity contribution < 1.29 is 14.3 Å². The zero-order valence-corrected chi connectivity index (χ0v) is 19.5. The number of rotatable bonds is 7. The number of benzene rings is 3. The molecule has 4 aromatic rings. The molecule has 0 aliphatic heterocycles. The molecule has 9 heteroatoms. The van der Waals surface area contributed by atoms with E-state index >= 15 is 0 Å².